The summed E-state index contributed by atoms with van der Waals surface area (Å²) in [4.78, 5) is 27.8. The first-order chi connectivity index (χ1) is 9.49. The fourth-order valence-electron chi connectivity index (χ4n) is 1.60. The number of nitrogens with zero attached hydrogens (tertiary/aromatic N) is 1. The van der Waals surface area contributed by atoms with E-state index in [4.69, 9.17) is 5.84 Å². The molecule has 0 aromatic carbocycles. The maximum Gasteiger partial charge on any atom is 0.255 e. The summed E-state index contributed by atoms with van der Waals surface area (Å²) in [6.07, 6.45) is 2.27. The molecule has 1 heterocycles. The number of nitrogen functional groups attached to an aromatic ring is 1. The van der Waals surface area contributed by atoms with Crippen molar-refractivity contribution in [1.82, 2.24) is 15.6 Å². The maximum atomic E-state index is 12.1. The molecule has 0 saturated carbocycles. The van der Waals surface area contributed by atoms with E-state index in [1.54, 1.807) is 19.9 Å². The molecule has 0 fully saturated rings. The van der Waals surface area contributed by atoms with Crippen LogP contribution in [-0.4, -0.2) is 29.4 Å². The summed E-state index contributed by atoms with van der Waals surface area (Å²) in [5.41, 5.74) is 3.96. The third-order valence-corrected chi connectivity index (χ3v) is 2.73. The Morgan fingerprint density at radius 3 is 2.75 bits per heavy atom. The fourth-order valence-corrected chi connectivity index (χ4v) is 1.60. The quantitative estimate of drug-likeness (QED) is 0.443. The van der Waals surface area contributed by atoms with Crippen LogP contribution < -0.4 is 21.9 Å². The number of nitrogens with one attached hydrogen (secondary N) is 3. The Morgan fingerprint density at radius 2 is 2.15 bits per heavy atom. The summed E-state index contributed by atoms with van der Waals surface area (Å²) < 4.78 is 0. The van der Waals surface area contributed by atoms with Crippen LogP contribution in [0.25, 0.3) is 0 Å². The lowest BCUT2D eigenvalue weighted by Gasteiger charge is -2.15. The topological polar surface area (TPSA) is 109 Å². The predicted molar refractivity (Wildman–Crippen MR) is 77.0 cm³/mol. The zero-order valence-electron chi connectivity index (χ0n) is 12.0. The van der Waals surface area contributed by atoms with Crippen LogP contribution in [-0.2, 0) is 4.79 Å². The Hall–Kier alpha value is -2.15. The van der Waals surface area contributed by atoms with Crippen molar-refractivity contribution in [2.75, 3.05) is 12.0 Å². The van der Waals surface area contributed by atoms with Crippen LogP contribution in [0.3, 0.4) is 0 Å². The molecule has 1 atom stereocenters. The number of rotatable bonds is 6. The van der Waals surface area contributed by atoms with Gasteiger partial charge in [-0.05, 0) is 26.3 Å². The highest BCUT2D eigenvalue weighted by Crippen LogP contribution is 2.14. The van der Waals surface area contributed by atoms with Crippen LogP contribution in [0.1, 0.15) is 36.3 Å². The van der Waals surface area contributed by atoms with Gasteiger partial charge in [-0.15, -0.1) is 0 Å². The Kier molecular flexibility index (Phi) is 5.92. The van der Waals surface area contributed by atoms with Crippen molar-refractivity contribution in [2.45, 2.75) is 33.2 Å². The predicted octanol–water partition coefficient (Wildman–Crippen LogP) is 0.320. The molecule has 0 saturated heterocycles. The zero-order valence-corrected chi connectivity index (χ0v) is 12.0. The molecule has 1 unspecified atom stereocenters. The van der Waals surface area contributed by atoms with Gasteiger partial charge in [0.05, 0.1) is 11.3 Å². The van der Waals surface area contributed by atoms with Crippen molar-refractivity contribution in [3.05, 3.63) is 23.5 Å². The molecule has 1 aromatic heterocycles. The van der Waals surface area contributed by atoms with E-state index in [0.29, 0.717) is 17.8 Å². The number of carbonyl (C=O) groups excluding carboxylic acids is 2. The molecule has 1 aromatic rings. The number of aromatic nitrogens is 1. The minimum Gasteiger partial charge on any atom is -0.354 e. The Balaban J connectivity index is 2.73. The Morgan fingerprint density at radius 1 is 1.45 bits per heavy atom. The number of pyridine rings is 1. The normalized spacial score (nSPS) is 11.6. The van der Waals surface area contributed by atoms with Crippen LogP contribution in [0.2, 0.25) is 0 Å². The van der Waals surface area contributed by atoms with E-state index in [2.05, 4.69) is 21.0 Å². The van der Waals surface area contributed by atoms with Gasteiger partial charge >= 0.3 is 0 Å². The van der Waals surface area contributed by atoms with Gasteiger partial charge in [-0.2, -0.15) is 0 Å². The highest BCUT2D eigenvalue weighted by Gasteiger charge is 2.18. The number of nitrogens with two attached hydrogens (primary N) is 1. The average Bonchev–Trinajstić information content (AvgIpc) is 2.44. The van der Waals surface area contributed by atoms with Crippen molar-refractivity contribution in [1.29, 1.82) is 0 Å². The van der Waals surface area contributed by atoms with Gasteiger partial charge in [0.2, 0.25) is 5.91 Å². The van der Waals surface area contributed by atoms with Crippen LogP contribution in [0.5, 0.6) is 0 Å². The van der Waals surface area contributed by atoms with E-state index >= 15 is 0 Å². The molecule has 20 heavy (non-hydrogen) atoms. The van der Waals surface area contributed by atoms with Crippen LogP contribution in [0.15, 0.2) is 12.3 Å². The molecule has 0 aliphatic rings. The van der Waals surface area contributed by atoms with Crippen molar-refractivity contribution in [2.24, 2.45) is 5.84 Å². The van der Waals surface area contributed by atoms with Crippen LogP contribution >= 0.6 is 0 Å². The number of hydrogen-bond donors (Lipinski definition) is 4. The van der Waals surface area contributed by atoms with Gasteiger partial charge in [-0.1, -0.05) is 6.92 Å². The second-order valence-electron chi connectivity index (χ2n) is 4.50. The SMILES string of the molecule is CCCNC(=O)C(C)NC(=O)c1cnc(C)cc1NN. The van der Waals surface area contributed by atoms with E-state index in [1.807, 2.05) is 6.92 Å². The molecular weight excluding hydrogens is 258 g/mol. The number of anilines is 1. The standard InChI is InChI=1S/C13H21N5O2/c1-4-5-15-12(19)9(3)17-13(20)10-7-16-8(2)6-11(10)18-14/h6-7,9H,4-5,14H2,1-3H3,(H,15,19)(H,16,18)(H,17,20). The molecule has 0 aliphatic heterocycles. The third-order valence-electron chi connectivity index (χ3n) is 2.73. The monoisotopic (exact) mass is 279 g/mol. The van der Waals surface area contributed by atoms with Crippen molar-refractivity contribution >= 4 is 17.5 Å². The third kappa shape index (κ3) is 4.20. The fraction of sp³-hybridized carbons (Fsp3) is 0.462. The van der Waals surface area contributed by atoms with Crippen LogP contribution in [0.4, 0.5) is 5.69 Å². The maximum absolute atomic E-state index is 12.1. The van der Waals surface area contributed by atoms with Crippen molar-refractivity contribution < 1.29 is 9.59 Å². The Bertz CT molecular complexity index is 490. The second-order valence-corrected chi connectivity index (χ2v) is 4.50. The summed E-state index contributed by atoms with van der Waals surface area (Å²) in [5.74, 6) is 4.76. The molecule has 1 rings (SSSR count). The summed E-state index contributed by atoms with van der Waals surface area (Å²) in [7, 11) is 0. The number of hydrogen-bond acceptors (Lipinski definition) is 5. The minimum atomic E-state index is -0.624. The lowest BCUT2D eigenvalue weighted by molar-refractivity contribution is -0.122. The molecule has 2 amide bonds. The van der Waals surface area contributed by atoms with E-state index in [9.17, 15) is 9.59 Å². The molecule has 7 heteroatoms. The molecule has 0 radical (unpaired) electrons. The zero-order chi connectivity index (χ0) is 15.1. The molecule has 0 bridgehead atoms. The summed E-state index contributed by atoms with van der Waals surface area (Å²) in [5, 5.41) is 5.33. The van der Waals surface area contributed by atoms with E-state index < -0.39 is 11.9 Å². The van der Waals surface area contributed by atoms with E-state index in [0.717, 1.165) is 12.1 Å². The van der Waals surface area contributed by atoms with Gasteiger partial charge in [-0.3, -0.25) is 20.4 Å². The lowest BCUT2D eigenvalue weighted by Crippen LogP contribution is -2.45. The first-order valence-corrected chi connectivity index (χ1v) is 6.51. The van der Waals surface area contributed by atoms with Gasteiger partial charge in [0, 0.05) is 18.4 Å². The Labute approximate surface area is 118 Å². The second kappa shape index (κ2) is 7.44. The largest absolute Gasteiger partial charge is 0.354 e. The van der Waals surface area contributed by atoms with Gasteiger partial charge < -0.3 is 16.1 Å². The first-order valence-electron chi connectivity index (χ1n) is 6.51. The number of hydrazine groups is 1. The van der Waals surface area contributed by atoms with Crippen LogP contribution in [0, 0.1) is 6.92 Å². The van der Waals surface area contributed by atoms with Gasteiger partial charge in [0.15, 0.2) is 0 Å². The highest BCUT2D eigenvalue weighted by molar-refractivity contribution is 6.01. The molecule has 0 aliphatic carbocycles. The lowest BCUT2D eigenvalue weighted by atomic mass is 10.2. The highest BCUT2D eigenvalue weighted by atomic mass is 16.2. The summed E-state index contributed by atoms with van der Waals surface area (Å²) >= 11 is 0. The van der Waals surface area contributed by atoms with Gasteiger partial charge in [-0.25, -0.2) is 0 Å². The molecular formula is C13H21N5O2. The van der Waals surface area contributed by atoms with Crippen molar-refractivity contribution in [3.63, 3.8) is 0 Å². The smallest absolute Gasteiger partial charge is 0.255 e. The summed E-state index contributed by atoms with van der Waals surface area (Å²) in [6, 6.07) is 1.04. The van der Waals surface area contributed by atoms with E-state index in [-0.39, 0.29) is 5.91 Å². The minimum absolute atomic E-state index is 0.220. The number of amides is 2. The van der Waals surface area contributed by atoms with Gasteiger partial charge in [0.25, 0.3) is 5.91 Å². The average molecular weight is 279 g/mol. The molecule has 7 nitrogen and oxygen atoms in total. The summed E-state index contributed by atoms with van der Waals surface area (Å²) in [6.45, 7) is 5.96. The first kappa shape index (κ1) is 15.9. The number of aryl methyl sites for hydroxylation is 1. The molecule has 0 spiro atoms. The van der Waals surface area contributed by atoms with Gasteiger partial charge in [0.1, 0.15) is 6.04 Å². The van der Waals surface area contributed by atoms with Crippen molar-refractivity contribution in [3.8, 4) is 0 Å². The molecule has 110 valence electrons. The van der Waals surface area contributed by atoms with E-state index in [1.165, 1.54) is 6.20 Å². The molecule has 5 N–H and O–H groups in total. The number of carbonyl (C=O) groups is 2.